The number of anilines is 2. The van der Waals surface area contributed by atoms with Crippen LogP contribution >= 0.6 is 15.9 Å². The fourth-order valence-corrected chi connectivity index (χ4v) is 5.58. The maximum absolute atomic E-state index is 13.4. The third kappa shape index (κ3) is 2.40. The molecule has 6 heteroatoms. The molecule has 0 aliphatic carbocycles. The van der Waals surface area contributed by atoms with Crippen LogP contribution in [0.1, 0.15) is 30.4 Å². The summed E-state index contributed by atoms with van der Waals surface area (Å²) < 4.78 is 1.01. The molecule has 0 aromatic heterocycles. The van der Waals surface area contributed by atoms with E-state index in [0.717, 1.165) is 46.4 Å². The van der Waals surface area contributed by atoms with Gasteiger partial charge in [0.25, 0.3) is 0 Å². The molecule has 2 N–H and O–H groups in total. The minimum absolute atomic E-state index is 0.0646. The Morgan fingerprint density at radius 3 is 2.93 bits per heavy atom. The molecule has 144 valence electrons. The predicted octanol–water partition coefficient (Wildman–Crippen LogP) is 4.03. The summed E-state index contributed by atoms with van der Waals surface area (Å²) in [6, 6.07) is 13.9. The van der Waals surface area contributed by atoms with Crippen molar-refractivity contribution < 1.29 is 9.59 Å². The first-order valence-electron chi connectivity index (χ1n) is 9.76. The minimum Gasteiger partial charge on any atom is -0.326 e. The van der Waals surface area contributed by atoms with Gasteiger partial charge in [-0.15, -0.1) is 0 Å². The number of nitrogens with one attached hydrogen (secondary N) is 2. The highest BCUT2D eigenvalue weighted by Crippen LogP contribution is 2.55. The zero-order valence-corrected chi connectivity index (χ0v) is 17.3. The van der Waals surface area contributed by atoms with Gasteiger partial charge in [0.15, 0.2) is 0 Å². The molecular weight excluding hydrogens is 418 g/mol. The second-order valence-corrected chi connectivity index (χ2v) is 8.85. The number of hydrogen-bond acceptors (Lipinski definition) is 3. The highest BCUT2D eigenvalue weighted by atomic mass is 79.9. The van der Waals surface area contributed by atoms with Crippen molar-refractivity contribution in [3.63, 3.8) is 0 Å². The normalized spacial score (nSPS) is 28.3. The molecule has 0 saturated carbocycles. The van der Waals surface area contributed by atoms with Crippen molar-refractivity contribution in [2.45, 2.75) is 37.8 Å². The van der Waals surface area contributed by atoms with Crippen LogP contribution in [0.15, 0.2) is 46.9 Å². The average molecular weight is 440 g/mol. The molecule has 1 spiro atoms. The average Bonchev–Trinajstić information content (AvgIpc) is 3.33. The van der Waals surface area contributed by atoms with E-state index in [4.69, 9.17) is 0 Å². The lowest BCUT2D eigenvalue weighted by atomic mass is 9.78. The molecule has 2 fully saturated rings. The van der Waals surface area contributed by atoms with E-state index in [2.05, 4.69) is 31.5 Å². The van der Waals surface area contributed by atoms with Crippen LogP contribution in [0.25, 0.3) is 0 Å². The molecule has 3 heterocycles. The highest BCUT2D eigenvalue weighted by Gasteiger charge is 2.65. The molecule has 5 nitrogen and oxygen atoms in total. The number of aryl methyl sites for hydroxylation is 1. The quantitative estimate of drug-likeness (QED) is 0.742. The molecule has 3 unspecified atom stereocenters. The Labute approximate surface area is 172 Å². The smallest absolute Gasteiger partial charge is 0.250 e. The number of carbonyl (C=O) groups is 2. The van der Waals surface area contributed by atoms with E-state index in [-0.39, 0.29) is 17.9 Å². The molecule has 3 aliphatic rings. The molecule has 0 bridgehead atoms. The maximum atomic E-state index is 13.4. The number of amides is 2. The Morgan fingerprint density at radius 2 is 2.11 bits per heavy atom. The van der Waals surface area contributed by atoms with Crippen LogP contribution in [0, 0.1) is 12.8 Å². The van der Waals surface area contributed by atoms with E-state index in [0.29, 0.717) is 6.42 Å². The van der Waals surface area contributed by atoms with Gasteiger partial charge in [-0.1, -0.05) is 34.1 Å². The van der Waals surface area contributed by atoms with Gasteiger partial charge < -0.3 is 10.6 Å². The number of fused-ring (bicyclic) bond motifs is 4. The second kappa shape index (κ2) is 6.42. The van der Waals surface area contributed by atoms with Gasteiger partial charge in [0, 0.05) is 27.5 Å². The van der Waals surface area contributed by atoms with E-state index < -0.39 is 11.5 Å². The van der Waals surface area contributed by atoms with Gasteiger partial charge in [0.1, 0.15) is 5.54 Å². The van der Waals surface area contributed by atoms with Gasteiger partial charge in [-0.2, -0.15) is 0 Å². The summed E-state index contributed by atoms with van der Waals surface area (Å²) in [7, 11) is 0. The summed E-state index contributed by atoms with van der Waals surface area (Å²) >= 11 is 3.50. The molecular formula is C22H22BrN3O2. The lowest BCUT2D eigenvalue weighted by molar-refractivity contribution is -0.135. The summed E-state index contributed by atoms with van der Waals surface area (Å²) in [5, 5.41) is 6.12. The van der Waals surface area contributed by atoms with Gasteiger partial charge in [0.2, 0.25) is 11.8 Å². The largest absolute Gasteiger partial charge is 0.326 e. The van der Waals surface area contributed by atoms with Crippen molar-refractivity contribution in [3.8, 4) is 0 Å². The van der Waals surface area contributed by atoms with E-state index in [9.17, 15) is 9.59 Å². The summed E-state index contributed by atoms with van der Waals surface area (Å²) in [5.74, 6) is -0.557. The number of hydrogen-bond donors (Lipinski definition) is 2. The fourth-order valence-electron chi connectivity index (χ4n) is 5.33. The molecule has 2 aromatic rings. The first-order chi connectivity index (χ1) is 13.5. The zero-order valence-electron chi connectivity index (χ0n) is 15.7. The van der Waals surface area contributed by atoms with Gasteiger partial charge in [0.05, 0.1) is 5.92 Å². The summed E-state index contributed by atoms with van der Waals surface area (Å²) in [6.45, 7) is 2.85. The second-order valence-electron chi connectivity index (χ2n) is 8.00. The number of nitrogens with zero attached hydrogens (tertiary/aromatic N) is 1. The van der Waals surface area contributed by atoms with Crippen molar-refractivity contribution >= 4 is 39.1 Å². The first-order valence-corrected chi connectivity index (χ1v) is 10.6. The van der Waals surface area contributed by atoms with E-state index >= 15 is 0 Å². The Hall–Kier alpha value is -2.18. The third-order valence-electron chi connectivity index (χ3n) is 6.52. The van der Waals surface area contributed by atoms with E-state index in [1.165, 1.54) is 0 Å². The van der Waals surface area contributed by atoms with Crippen LogP contribution in [0.2, 0.25) is 0 Å². The van der Waals surface area contributed by atoms with Crippen molar-refractivity contribution in [3.05, 3.63) is 58.1 Å². The zero-order chi connectivity index (χ0) is 19.5. The Morgan fingerprint density at radius 1 is 1.29 bits per heavy atom. The standard InChI is InChI=1S/C22H22BrN3O2/c1-13-11-14(8-9-18(13)23)24-20(27)17-12-15-5-4-10-26(15)22(17)16-6-2-3-7-19(16)25-21(22)28/h2-3,6-9,11,15,17H,4-5,10,12H2,1H3,(H,24,27)(H,25,28). The number of rotatable bonds is 2. The van der Waals surface area contributed by atoms with Gasteiger partial charge in [-0.3, -0.25) is 14.5 Å². The van der Waals surface area contributed by atoms with Gasteiger partial charge in [-0.25, -0.2) is 0 Å². The number of halogens is 1. The maximum Gasteiger partial charge on any atom is 0.250 e. The van der Waals surface area contributed by atoms with Crippen LogP contribution < -0.4 is 10.6 Å². The Kier molecular flexibility index (Phi) is 4.10. The van der Waals surface area contributed by atoms with Crippen LogP contribution in [-0.2, 0) is 15.1 Å². The van der Waals surface area contributed by atoms with Crippen LogP contribution in [0.3, 0.4) is 0 Å². The molecule has 0 radical (unpaired) electrons. The van der Waals surface area contributed by atoms with Crippen molar-refractivity contribution in [2.75, 3.05) is 17.2 Å². The molecule has 2 aromatic carbocycles. The number of benzene rings is 2. The van der Waals surface area contributed by atoms with Crippen LogP contribution in [0.4, 0.5) is 11.4 Å². The first kappa shape index (κ1) is 17.9. The highest BCUT2D eigenvalue weighted by molar-refractivity contribution is 9.10. The Bertz CT molecular complexity index is 991. The van der Waals surface area contributed by atoms with E-state index in [1.807, 2.05) is 49.4 Å². The number of carbonyl (C=O) groups excluding carboxylic acids is 2. The van der Waals surface area contributed by atoms with Crippen molar-refractivity contribution in [2.24, 2.45) is 5.92 Å². The fraction of sp³-hybridized carbons (Fsp3) is 0.364. The van der Waals surface area contributed by atoms with Crippen molar-refractivity contribution in [1.82, 2.24) is 4.90 Å². The molecule has 2 saturated heterocycles. The molecule has 3 atom stereocenters. The lowest BCUT2D eigenvalue weighted by Gasteiger charge is -2.36. The van der Waals surface area contributed by atoms with E-state index in [1.54, 1.807) is 0 Å². The molecule has 28 heavy (non-hydrogen) atoms. The molecule has 5 rings (SSSR count). The van der Waals surface area contributed by atoms with Gasteiger partial charge >= 0.3 is 0 Å². The summed E-state index contributed by atoms with van der Waals surface area (Å²) in [5.41, 5.74) is 2.70. The third-order valence-corrected chi connectivity index (χ3v) is 7.41. The van der Waals surface area contributed by atoms with Gasteiger partial charge in [-0.05, 0) is 62.6 Å². The Balaban J connectivity index is 1.56. The predicted molar refractivity (Wildman–Crippen MR) is 112 cm³/mol. The summed E-state index contributed by atoms with van der Waals surface area (Å²) in [6.07, 6.45) is 2.82. The number of para-hydroxylation sites is 1. The minimum atomic E-state index is -0.897. The van der Waals surface area contributed by atoms with Crippen LogP contribution in [0.5, 0.6) is 0 Å². The van der Waals surface area contributed by atoms with Crippen molar-refractivity contribution in [1.29, 1.82) is 0 Å². The molecule has 2 amide bonds. The summed E-state index contributed by atoms with van der Waals surface area (Å²) in [4.78, 5) is 29.0. The molecule has 3 aliphatic heterocycles. The monoisotopic (exact) mass is 439 g/mol. The SMILES string of the molecule is Cc1cc(NC(=O)C2CC3CCCN3C23C(=O)Nc2ccccc23)ccc1Br. The van der Waals surface area contributed by atoms with Crippen LogP contribution in [-0.4, -0.2) is 29.3 Å². The lowest BCUT2D eigenvalue weighted by Crippen LogP contribution is -2.53. The topological polar surface area (TPSA) is 61.4 Å².